The summed E-state index contributed by atoms with van der Waals surface area (Å²) in [5.41, 5.74) is 6.69. The number of halogens is 3. The molecule has 0 amide bonds. The van der Waals surface area contributed by atoms with Crippen LogP contribution in [0.15, 0.2) is 42.5 Å². The Kier molecular flexibility index (Phi) is 4.94. The van der Waals surface area contributed by atoms with E-state index in [-0.39, 0.29) is 6.10 Å². The van der Waals surface area contributed by atoms with Gasteiger partial charge in [-0.05, 0) is 35.9 Å². The van der Waals surface area contributed by atoms with Crippen LogP contribution in [0.3, 0.4) is 0 Å². The van der Waals surface area contributed by atoms with Crippen LogP contribution < -0.4 is 10.5 Å². The summed E-state index contributed by atoms with van der Waals surface area (Å²) in [6, 6.07) is 12.4. The fourth-order valence-corrected chi connectivity index (χ4v) is 2.23. The van der Waals surface area contributed by atoms with Gasteiger partial charge in [-0.25, -0.2) is 0 Å². The molecule has 5 heteroatoms. The molecule has 0 aliphatic heterocycles. The zero-order valence-electron chi connectivity index (χ0n) is 9.95. The molecule has 1 unspecified atom stereocenters. The van der Waals surface area contributed by atoms with Crippen molar-refractivity contribution in [1.82, 2.24) is 0 Å². The van der Waals surface area contributed by atoms with Crippen LogP contribution in [-0.2, 0) is 0 Å². The van der Waals surface area contributed by atoms with Gasteiger partial charge < -0.3 is 10.5 Å². The maximum Gasteiger partial charge on any atom is 0.139 e. The summed E-state index contributed by atoms with van der Waals surface area (Å²) in [5, 5.41) is 1.69. The molecule has 2 rings (SSSR count). The molecule has 2 nitrogen and oxygen atoms in total. The van der Waals surface area contributed by atoms with Gasteiger partial charge in [0, 0.05) is 16.6 Å². The number of rotatable bonds is 4. The van der Waals surface area contributed by atoms with E-state index < -0.39 is 0 Å². The first kappa shape index (κ1) is 14.5. The van der Waals surface area contributed by atoms with Gasteiger partial charge in [0.05, 0.1) is 5.02 Å². The normalized spacial score (nSPS) is 12.2. The van der Waals surface area contributed by atoms with E-state index in [1.807, 2.05) is 12.1 Å². The lowest BCUT2D eigenvalue weighted by atomic mass is 10.1. The van der Waals surface area contributed by atoms with E-state index in [4.69, 9.17) is 45.3 Å². The van der Waals surface area contributed by atoms with E-state index in [1.54, 1.807) is 30.3 Å². The van der Waals surface area contributed by atoms with Crippen LogP contribution in [0.25, 0.3) is 0 Å². The first-order chi connectivity index (χ1) is 9.10. The Labute approximate surface area is 127 Å². The fourth-order valence-electron chi connectivity index (χ4n) is 1.65. The van der Waals surface area contributed by atoms with Crippen molar-refractivity contribution < 1.29 is 4.74 Å². The molecule has 1 atom stereocenters. The highest BCUT2D eigenvalue weighted by atomic mass is 35.5. The molecule has 100 valence electrons. The second-order valence-electron chi connectivity index (χ2n) is 3.97. The summed E-state index contributed by atoms with van der Waals surface area (Å²) in [4.78, 5) is 0. The summed E-state index contributed by atoms with van der Waals surface area (Å²) >= 11 is 17.8. The average Bonchev–Trinajstić information content (AvgIpc) is 2.39. The second kappa shape index (κ2) is 6.49. The SMILES string of the molecule is NCC(Oc1ccc(Cl)cc1Cl)c1ccc(Cl)cc1. The van der Waals surface area contributed by atoms with Gasteiger partial charge in [-0.1, -0.05) is 46.9 Å². The molecule has 0 aromatic heterocycles. The van der Waals surface area contributed by atoms with Crippen molar-refractivity contribution in [3.63, 3.8) is 0 Å². The third-order valence-corrected chi connectivity index (χ3v) is 3.40. The van der Waals surface area contributed by atoms with Gasteiger partial charge in [-0.2, -0.15) is 0 Å². The molecule has 0 radical (unpaired) electrons. The number of hydrogen-bond acceptors (Lipinski definition) is 2. The third-order valence-electron chi connectivity index (χ3n) is 2.62. The zero-order chi connectivity index (χ0) is 13.8. The van der Waals surface area contributed by atoms with Gasteiger partial charge in [-0.15, -0.1) is 0 Å². The molecule has 0 aliphatic rings. The Hall–Kier alpha value is -0.930. The van der Waals surface area contributed by atoms with Crippen molar-refractivity contribution in [2.75, 3.05) is 6.54 Å². The van der Waals surface area contributed by atoms with E-state index in [9.17, 15) is 0 Å². The highest BCUT2D eigenvalue weighted by molar-refractivity contribution is 6.35. The van der Waals surface area contributed by atoms with Crippen molar-refractivity contribution >= 4 is 34.8 Å². The first-order valence-electron chi connectivity index (χ1n) is 5.67. The monoisotopic (exact) mass is 315 g/mol. The van der Waals surface area contributed by atoms with Gasteiger partial charge >= 0.3 is 0 Å². The van der Waals surface area contributed by atoms with Crippen molar-refractivity contribution in [1.29, 1.82) is 0 Å². The molecule has 0 fully saturated rings. The summed E-state index contributed by atoms with van der Waals surface area (Å²) in [6.45, 7) is 0.334. The molecule has 0 heterocycles. The van der Waals surface area contributed by atoms with Crippen LogP contribution in [0.4, 0.5) is 0 Å². The Morgan fingerprint density at radius 3 is 2.16 bits per heavy atom. The highest BCUT2D eigenvalue weighted by Gasteiger charge is 2.13. The molecule has 0 bridgehead atoms. The lowest BCUT2D eigenvalue weighted by Crippen LogP contribution is -2.18. The van der Waals surface area contributed by atoms with Gasteiger partial charge in [0.1, 0.15) is 11.9 Å². The summed E-state index contributed by atoms with van der Waals surface area (Å²) in [7, 11) is 0. The van der Waals surface area contributed by atoms with Crippen molar-refractivity contribution in [3.8, 4) is 5.75 Å². The Bertz CT molecular complexity index is 557. The first-order valence-corrected chi connectivity index (χ1v) is 6.81. The van der Waals surface area contributed by atoms with Gasteiger partial charge in [0.2, 0.25) is 0 Å². The average molecular weight is 317 g/mol. The largest absolute Gasteiger partial charge is 0.483 e. The van der Waals surface area contributed by atoms with E-state index in [0.29, 0.717) is 27.4 Å². The number of benzene rings is 2. The quantitative estimate of drug-likeness (QED) is 0.885. The van der Waals surface area contributed by atoms with E-state index >= 15 is 0 Å². The fraction of sp³-hybridized carbons (Fsp3) is 0.143. The molecule has 2 aromatic carbocycles. The minimum atomic E-state index is -0.282. The van der Waals surface area contributed by atoms with E-state index in [2.05, 4.69) is 0 Å². The molecular formula is C14H12Cl3NO. The van der Waals surface area contributed by atoms with Crippen molar-refractivity contribution in [2.24, 2.45) is 5.73 Å². The lowest BCUT2D eigenvalue weighted by Gasteiger charge is -2.18. The minimum Gasteiger partial charge on any atom is -0.483 e. The van der Waals surface area contributed by atoms with Gasteiger partial charge in [0.25, 0.3) is 0 Å². The summed E-state index contributed by atoms with van der Waals surface area (Å²) in [6.07, 6.45) is -0.282. The van der Waals surface area contributed by atoms with E-state index in [1.165, 1.54) is 0 Å². The Balaban J connectivity index is 2.21. The topological polar surface area (TPSA) is 35.2 Å². The Morgan fingerprint density at radius 1 is 0.947 bits per heavy atom. The summed E-state index contributed by atoms with van der Waals surface area (Å²) in [5.74, 6) is 0.552. The molecule has 0 saturated heterocycles. The molecule has 0 spiro atoms. The van der Waals surface area contributed by atoms with Gasteiger partial charge in [0.15, 0.2) is 0 Å². The van der Waals surface area contributed by atoms with Crippen LogP contribution in [0.5, 0.6) is 5.75 Å². The Morgan fingerprint density at radius 2 is 1.58 bits per heavy atom. The zero-order valence-corrected chi connectivity index (χ0v) is 12.2. The van der Waals surface area contributed by atoms with E-state index in [0.717, 1.165) is 5.56 Å². The maximum atomic E-state index is 6.07. The number of nitrogens with two attached hydrogens (primary N) is 1. The van der Waals surface area contributed by atoms with Gasteiger partial charge in [-0.3, -0.25) is 0 Å². The number of ether oxygens (including phenoxy) is 1. The molecular weight excluding hydrogens is 305 g/mol. The van der Waals surface area contributed by atoms with Crippen LogP contribution in [0, 0.1) is 0 Å². The maximum absolute atomic E-state index is 6.07. The highest BCUT2D eigenvalue weighted by Crippen LogP contribution is 2.31. The van der Waals surface area contributed by atoms with Crippen LogP contribution in [0.1, 0.15) is 11.7 Å². The predicted octanol–water partition coefficient (Wildman–Crippen LogP) is 4.73. The van der Waals surface area contributed by atoms with Crippen molar-refractivity contribution in [3.05, 3.63) is 63.1 Å². The van der Waals surface area contributed by atoms with Crippen LogP contribution in [-0.4, -0.2) is 6.54 Å². The van der Waals surface area contributed by atoms with Crippen LogP contribution >= 0.6 is 34.8 Å². The molecule has 0 aliphatic carbocycles. The lowest BCUT2D eigenvalue weighted by molar-refractivity contribution is 0.214. The molecule has 0 saturated carbocycles. The molecule has 2 N–H and O–H groups in total. The van der Waals surface area contributed by atoms with Crippen LogP contribution in [0.2, 0.25) is 15.1 Å². The standard InChI is InChI=1S/C14H12Cl3NO/c15-10-3-1-9(2-4-10)14(8-18)19-13-6-5-11(16)7-12(13)17/h1-7,14H,8,18H2. The third kappa shape index (κ3) is 3.77. The minimum absolute atomic E-state index is 0.282. The second-order valence-corrected chi connectivity index (χ2v) is 5.25. The van der Waals surface area contributed by atoms with Crippen molar-refractivity contribution in [2.45, 2.75) is 6.10 Å². The molecule has 2 aromatic rings. The summed E-state index contributed by atoms with van der Waals surface area (Å²) < 4.78 is 5.82. The smallest absolute Gasteiger partial charge is 0.139 e. The number of hydrogen-bond donors (Lipinski definition) is 1. The predicted molar refractivity (Wildman–Crippen MR) is 80.3 cm³/mol. The molecule has 19 heavy (non-hydrogen) atoms.